The van der Waals surface area contributed by atoms with E-state index >= 15 is 0 Å². The molecule has 18 rings (SSSR count). The second kappa shape index (κ2) is 54.4. The van der Waals surface area contributed by atoms with Crippen molar-refractivity contribution in [2.75, 3.05) is 0 Å². The van der Waals surface area contributed by atoms with Crippen molar-refractivity contribution in [3.05, 3.63) is 374 Å². The third kappa shape index (κ3) is 30.3. The van der Waals surface area contributed by atoms with E-state index in [-0.39, 0.29) is 93.9 Å². The minimum Gasteiger partial charge on any atom is -0.512 e. The summed E-state index contributed by atoms with van der Waals surface area (Å²) in [5.74, 6) is 3.14. The Balaban J connectivity index is 0.000000259. The van der Waals surface area contributed by atoms with Gasteiger partial charge in [-0.1, -0.05) is 37.2 Å². The first-order valence-corrected chi connectivity index (χ1v) is 41.4. The van der Waals surface area contributed by atoms with Crippen LogP contribution in [0.15, 0.2) is 250 Å². The average molecular weight is 2470 g/mol. The van der Waals surface area contributed by atoms with Gasteiger partial charge in [0.05, 0.1) is 61.2 Å². The number of hydrogen-bond acceptors (Lipinski definition) is 14. The molecule has 0 aliphatic heterocycles. The SMILES string of the molecule is CC(=O)C(C)=C(C)O.Cc1c(-c2[c-]cccc2)ncn1C.Cc1c(-c2[c-]cccc2)ncn1C.Cc1c(-c2[c-]cccc2)ncn1C.Cc1c(-c2[c-]ccnc2)ncn1C.Cc1c(-c2[c-]ccnc2)ncn1C.Cc1c(-c2[c-]ccnc2)ncn1C.Cc1nc(-c2[c-]cccc2)c(C)n1C.Cc1nc(-c2[c-]cccc2)c(C)n1C.Cc1nc(-c2[c-]cccc2)c(C)n1C.[Ir+3].[Ir+3].[Pt+2].[Pt]. The van der Waals surface area contributed by atoms with Crippen molar-refractivity contribution >= 4 is 5.78 Å². The molecule has 23 nitrogen and oxygen atoms in total. The molecule has 688 valence electrons. The quantitative estimate of drug-likeness (QED) is 0.0762. The molecule has 27 heteroatoms. The van der Waals surface area contributed by atoms with Crippen LogP contribution < -0.4 is 0 Å². The standard InChI is InChI=1S/3C12H13N2.3C11H11N2.3C10H10N3.C6H10O2.2Ir.2Pt/c3*1-9-12(13-10(2)14(9)3)11-7-5-4-6-8-11;3*1-9-11(12-8-13(9)2)10-6-4-3-5-7-10;3*1-8-10(12-7-13(8)2)9-4-3-5-11-6-9;1-4(5(2)7)6(3)8;;;;/h3*4-7H,1-3H3;3*3-6,8H,1-2H3;3*3,5-7H,1-2H3;7H,1-3H3;;;;/q9*-1;;2*+3;;+2. The van der Waals surface area contributed by atoms with Gasteiger partial charge in [-0.25, -0.2) is 0 Å². The second-order valence-corrected chi connectivity index (χ2v) is 30.1. The summed E-state index contributed by atoms with van der Waals surface area (Å²) < 4.78 is 18.3. The summed E-state index contributed by atoms with van der Waals surface area (Å²) in [5.41, 5.74) is 29.1. The van der Waals surface area contributed by atoms with Crippen LogP contribution in [0.4, 0.5) is 0 Å². The van der Waals surface area contributed by atoms with E-state index in [0.29, 0.717) is 5.57 Å². The molecule has 0 spiro atoms. The van der Waals surface area contributed by atoms with E-state index in [2.05, 4.69) is 170 Å². The van der Waals surface area contributed by atoms with Gasteiger partial charge < -0.3 is 61.2 Å². The Kier molecular flexibility index (Phi) is 45.3. The summed E-state index contributed by atoms with van der Waals surface area (Å²) >= 11 is 0. The Morgan fingerprint density at radius 1 is 0.273 bits per heavy atom. The first-order valence-electron chi connectivity index (χ1n) is 41.4. The summed E-state index contributed by atoms with van der Waals surface area (Å²) in [5, 5.41) is 8.65. The molecule has 0 saturated heterocycles. The van der Waals surface area contributed by atoms with Crippen LogP contribution in [0.2, 0.25) is 0 Å². The number of Topliss-reactive ketones (excluding diaryl/α,β-unsaturated/α-hetero) is 1. The number of rotatable bonds is 10. The largest absolute Gasteiger partial charge is 3.00 e. The van der Waals surface area contributed by atoms with E-state index in [1.54, 1.807) is 81.3 Å². The molecule has 0 aliphatic carbocycles. The maximum atomic E-state index is 10.4. The summed E-state index contributed by atoms with van der Waals surface area (Å²) in [4.78, 5) is 61.8. The fraction of sp³-hybridized carbons (Fsp3) is 0.229. The van der Waals surface area contributed by atoms with Gasteiger partial charge in [0.25, 0.3) is 0 Å². The number of hydrogen-bond donors (Lipinski definition) is 1. The zero-order valence-electron chi connectivity index (χ0n) is 79.1. The van der Waals surface area contributed by atoms with Gasteiger partial charge in [0.2, 0.25) is 0 Å². The zero-order chi connectivity index (χ0) is 92.7. The summed E-state index contributed by atoms with van der Waals surface area (Å²) in [6.45, 7) is 29.1. The van der Waals surface area contributed by atoms with Crippen LogP contribution in [0, 0.1) is 138 Å². The van der Waals surface area contributed by atoms with Crippen LogP contribution in [0.5, 0.6) is 0 Å². The van der Waals surface area contributed by atoms with Crippen molar-refractivity contribution in [3.8, 4) is 101 Å². The van der Waals surface area contributed by atoms with Gasteiger partial charge in [-0.3, -0.25) is 49.7 Å². The summed E-state index contributed by atoms with van der Waals surface area (Å²) in [7, 11) is 18.0. The molecule has 0 fully saturated rings. The predicted octanol–water partition coefficient (Wildman–Crippen LogP) is 20.3. The molecule has 0 atom stereocenters. The predicted molar refractivity (Wildman–Crippen MR) is 509 cm³/mol. The van der Waals surface area contributed by atoms with Gasteiger partial charge in [-0.05, 0) is 155 Å². The smallest absolute Gasteiger partial charge is 0.512 e. The number of allylic oxidation sites excluding steroid dienone is 2. The molecule has 0 unspecified atom stereocenters. The van der Waals surface area contributed by atoms with E-state index < -0.39 is 0 Å². The number of aryl methyl sites for hydroxylation is 9. The van der Waals surface area contributed by atoms with E-state index in [9.17, 15) is 4.79 Å². The molecule has 6 aromatic carbocycles. The number of nitrogens with zero attached hydrogens (tertiary/aromatic N) is 21. The van der Waals surface area contributed by atoms with Gasteiger partial charge in [0.15, 0.2) is 5.78 Å². The number of benzene rings is 6. The third-order valence-corrected chi connectivity index (χ3v) is 21.6. The number of pyridine rings is 3. The van der Waals surface area contributed by atoms with Crippen molar-refractivity contribution in [2.45, 2.75) is 104 Å². The maximum Gasteiger partial charge on any atom is 3.00 e. The molecule has 12 aromatic heterocycles. The molecule has 12 heterocycles. The molecule has 0 amide bonds. The third-order valence-electron chi connectivity index (χ3n) is 21.6. The molecule has 0 radical (unpaired) electrons. The second-order valence-electron chi connectivity index (χ2n) is 30.1. The fourth-order valence-electron chi connectivity index (χ4n) is 12.3. The minimum atomic E-state index is -0.0787. The number of carbonyl (C=O) groups excluding carboxylic acids is 1. The molecular weight excluding hydrogens is 2360 g/mol. The van der Waals surface area contributed by atoms with Crippen molar-refractivity contribution in [3.63, 3.8) is 0 Å². The monoisotopic (exact) mass is 2470 g/mol. The molecular formula is C105H112Ir2N21O2Pt2-. The van der Waals surface area contributed by atoms with Crippen LogP contribution >= 0.6 is 0 Å². The fourth-order valence-corrected chi connectivity index (χ4v) is 12.3. The van der Waals surface area contributed by atoms with E-state index in [0.717, 1.165) is 136 Å². The summed E-state index contributed by atoms with van der Waals surface area (Å²) in [6.07, 6.45) is 21.3. The van der Waals surface area contributed by atoms with E-state index in [1.165, 1.54) is 48.0 Å². The van der Waals surface area contributed by atoms with Gasteiger partial charge in [-0.2, -0.15) is 0 Å². The average Bonchev–Trinajstić information content (AvgIpc) is 1.67. The Hall–Kier alpha value is -12.5. The van der Waals surface area contributed by atoms with Gasteiger partial charge in [-0.15, -0.1) is 268 Å². The van der Waals surface area contributed by atoms with Crippen LogP contribution in [0.1, 0.15) is 89.5 Å². The van der Waals surface area contributed by atoms with E-state index in [1.807, 2.05) is 297 Å². The van der Waals surface area contributed by atoms with Crippen LogP contribution in [-0.2, 0) is 151 Å². The first-order chi connectivity index (χ1) is 61.4. The molecule has 0 aliphatic rings. The first kappa shape index (κ1) is 110. The van der Waals surface area contributed by atoms with Crippen molar-refractivity contribution in [1.82, 2.24) is 101 Å². The Labute approximate surface area is 834 Å². The topological polar surface area (TPSA) is 236 Å². The molecule has 18 aromatic rings. The van der Waals surface area contributed by atoms with Crippen LogP contribution in [0.3, 0.4) is 0 Å². The Morgan fingerprint density at radius 3 is 0.576 bits per heavy atom. The number of aliphatic hydroxyl groups is 1. The minimum absolute atomic E-state index is 0. The number of ketones is 1. The van der Waals surface area contributed by atoms with Crippen molar-refractivity contribution < 1.29 is 92.2 Å². The van der Waals surface area contributed by atoms with Gasteiger partial charge in [0.1, 0.15) is 0 Å². The van der Waals surface area contributed by atoms with Gasteiger partial charge in [0, 0.05) is 141 Å². The summed E-state index contributed by atoms with van der Waals surface area (Å²) in [6, 6.07) is 81.2. The number of carbonyl (C=O) groups is 1. The normalized spacial score (nSPS) is 10.2. The molecule has 0 saturated carbocycles. The van der Waals surface area contributed by atoms with E-state index in [4.69, 9.17) is 5.11 Å². The number of imidazole rings is 9. The maximum absolute atomic E-state index is 10.4. The van der Waals surface area contributed by atoms with Crippen molar-refractivity contribution in [1.29, 1.82) is 0 Å². The van der Waals surface area contributed by atoms with Crippen LogP contribution in [-0.4, -0.2) is 112 Å². The molecule has 1 N–H and O–H groups in total. The number of aromatic nitrogens is 21. The zero-order valence-corrected chi connectivity index (χ0v) is 88.4. The Bertz CT molecular complexity index is 5650. The number of aliphatic hydroxyl groups excluding tert-OH is 1. The van der Waals surface area contributed by atoms with Gasteiger partial charge >= 0.3 is 61.3 Å². The molecule has 0 bridgehead atoms. The Morgan fingerprint density at radius 2 is 0.455 bits per heavy atom. The van der Waals surface area contributed by atoms with Crippen molar-refractivity contribution in [2.24, 2.45) is 63.4 Å². The molecule has 132 heavy (non-hydrogen) atoms. The van der Waals surface area contributed by atoms with Crippen LogP contribution in [0.25, 0.3) is 101 Å².